The van der Waals surface area contributed by atoms with Crippen LogP contribution in [-0.2, 0) is 0 Å². The fraction of sp³-hybridized carbons (Fsp3) is 0.200. The zero-order valence-corrected chi connectivity index (χ0v) is 7.80. The monoisotopic (exact) mass is 190 g/mol. The van der Waals surface area contributed by atoms with E-state index in [1.54, 1.807) is 24.3 Å². The lowest BCUT2D eigenvalue weighted by Crippen LogP contribution is -2.29. The van der Waals surface area contributed by atoms with Crippen LogP contribution in [0.15, 0.2) is 30.3 Å². The molecule has 0 aliphatic heterocycles. The summed E-state index contributed by atoms with van der Waals surface area (Å²) in [5.74, 6) is 0.474. The van der Waals surface area contributed by atoms with Crippen molar-refractivity contribution < 1.29 is 9.53 Å². The summed E-state index contributed by atoms with van der Waals surface area (Å²) < 4.78 is 4.96. The quantitative estimate of drug-likeness (QED) is 0.666. The van der Waals surface area contributed by atoms with Crippen molar-refractivity contribution in [3.8, 4) is 11.8 Å². The van der Waals surface area contributed by atoms with Gasteiger partial charge in [0.25, 0.3) is 0 Å². The summed E-state index contributed by atoms with van der Waals surface area (Å²) in [6.45, 7) is 0.0195. The number of nitriles is 1. The van der Waals surface area contributed by atoms with Crippen LogP contribution in [0, 0.1) is 11.3 Å². The second-order valence-corrected chi connectivity index (χ2v) is 2.70. The minimum absolute atomic E-state index is 0.0195. The Morgan fingerprint density at radius 3 is 2.71 bits per heavy atom. The Kier molecular flexibility index (Phi) is 3.50. The Morgan fingerprint density at radius 1 is 1.50 bits per heavy atom. The SMILES string of the molecule is CN(CC#N)C(=O)Oc1ccccc1. The number of benzene rings is 1. The molecule has 0 aliphatic carbocycles. The van der Waals surface area contributed by atoms with Crippen LogP contribution in [0.2, 0.25) is 0 Å². The van der Waals surface area contributed by atoms with Crippen LogP contribution in [0.4, 0.5) is 4.79 Å². The maximum atomic E-state index is 11.3. The Labute approximate surface area is 82.3 Å². The van der Waals surface area contributed by atoms with Crippen molar-refractivity contribution in [2.45, 2.75) is 0 Å². The van der Waals surface area contributed by atoms with E-state index in [9.17, 15) is 4.79 Å². The third-order valence-corrected chi connectivity index (χ3v) is 1.57. The Bertz CT molecular complexity index is 343. The molecule has 0 aromatic heterocycles. The second-order valence-electron chi connectivity index (χ2n) is 2.70. The molecule has 1 aromatic rings. The van der Waals surface area contributed by atoms with E-state index in [4.69, 9.17) is 10.00 Å². The number of hydrogen-bond acceptors (Lipinski definition) is 3. The first-order valence-corrected chi connectivity index (χ1v) is 4.09. The number of para-hydroxylation sites is 1. The second kappa shape index (κ2) is 4.87. The highest BCUT2D eigenvalue weighted by Crippen LogP contribution is 2.09. The predicted molar refractivity (Wildman–Crippen MR) is 50.7 cm³/mol. The molecule has 1 aromatic carbocycles. The first kappa shape index (κ1) is 10.1. The predicted octanol–water partition coefficient (Wildman–Crippen LogP) is 1.64. The van der Waals surface area contributed by atoms with E-state index in [-0.39, 0.29) is 6.54 Å². The van der Waals surface area contributed by atoms with Gasteiger partial charge in [0.15, 0.2) is 0 Å². The number of hydrogen-bond donors (Lipinski definition) is 0. The van der Waals surface area contributed by atoms with Crippen molar-refractivity contribution in [2.24, 2.45) is 0 Å². The molecule has 1 amide bonds. The molecule has 0 saturated carbocycles. The van der Waals surface area contributed by atoms with Gasteiger partial charge in [0.05, 0.1) is 6.07 Å². The summed E-state index contributed by atoms with van der Waals surface area (Å²) in [4.78, 5) is 12.5. The number of nitrogens with zero attached hydrogens (tertiary/aromatic N) is 2. The molecule has 0 fully saturated rings. The number of carbonyl (C=O) groups excluding carboxylic acids is 1. The van der Waals surface area contributed by atoms with Gasteiger partial charge in [-0.25, -0.2) is 4.79 Å². The maximum Gasteiger partial charge on any atom is 0.415 e. The average Bonchev–Trinajstić information content (AvgIpc) is 2.19. The highest BCUT2D eigenvalue weighted by atomic mass is 16.6. The van der Waals surface area contributed by atoms with Crippen molar-refractivity contribution >= 4 is 6.09 Å². The van der Waals surface area contributed by atoms with Gasteiger partial charge in [-0.3, -0.25) is 4.90 Å². The molecule has 0 N–H and O–H groups in total. The molecular formula is C10H10N2O2. The van der Waals surface area contributed by atoms with Gasteiger partial charge in [0, 0.05) is 7.05 Å². The normalized spacial score (nSPS) is 8.86. The van der Waals surface area contributed by atoms with Crippen molar-refractivity contribution in [1.29, 1.82) is 5.26 Å². The van der Waals surface area contributed by atoms with E-state index in [1.165, 1.54) is 11.9 Å². The fourth-order valence-electron chi connectivity index (χ4n) is 0.838. The van der Waals surface area contributed by atoms with Gasteiger partial charge in [-0.2, -0.15) is 5.26 Å². The Hall–Kier alpha value is -2.02. The van der Waals surface area contributed by atoms with Crippen LogP contribution in [0.5, 0.6) is 5.75 Å². The molecule has 0 spiro atoms. The Balaban J connectivity index is 2.54. The summed E-state index contributed by atoms with van der Waals surface area (Å²) >= 11 is 0. The number of carbonyl (C=O) groups is 1. The molecule has 1 rings (SSSR count). The Morgan fingerprint density at radius 2 is 2.14 bits per heavy atom. The molecule has 0 unspecified atom stereocenters. The fourth-order valence-corrected chi connectivity index (χ4v) is 0.838. The minimum Gasteiger partial charge on any atom is -0.410 e. The summed E-state index contributed by atoms with van der Waals surface area (Å²) in [5, 5.41) is 8.35. The highest BCUT2D eigenvalue weighted by molar-refractivity contribution is 5.70. The number of amides is 1. The van der Waals surface area contributed by atoms with Gasteiger partial charge >= 0.3 is 6.09 Å². The molecule has 0 heterocycles. The van der Waals surface area contributed by atoms with Crippen LogP contribution in [0.3, 0.4) is 0 Å². The standard InChI is InChI=1S/C10H10N2O2/c1-12(8-7-11)10(13)14-9-5-3-2-4-6-9/h2-6H,8H2,1H3. The van der Waals surface area contributed by atoms with Crippen LogP contribution in [-0.4, -0.2) is 24.6 Å². The molecule has 72 valence electrons. The molecule has 0 aliphatic rings. The lowest BCUT2D eigenvalue weighted by Gasteiger charge is -2.12. The van der Waals surface area contributed by atoms with Crippen molar-refractivity contribution in [3.63, 3.8) is 0 Å². The van der Waals surface area contributed by atoms with Crippen molar-refractivity contribution in [2.75, 3.05) is 13.6 Å². The molecule has 0 saturated heterocycles. The summed E-state index contributed by atoms with van der Waals surface area (Å²) in [7, 11) is 1.51. The van der Waals surface area contributed by atoms with Gasteiger partial charge in [0.2, 0.25) is 0 Å². The van der Waals surface area contributed by atoms with Crippen LogP contribution in [0.25, 0.3) is 0 Å². The van der Waals surface area contributed by atoms with E-state index in [2.05, 4.69) is 0 Å². The highest BCUT2D eigenvalue weighted by Gasteiger charge is 2.09. The van der Waals surface area contributed by atoms with E-state index in [0.29, 0.717) is 5.75 Å². The molecule has 4 nitrogen and oxygen atoms in total. The maximum absolute atomic E-state index is 11.3. The number of rotatable bonds is 2. The lowest BCUT2D eigenvalue weighted by atomic mass is 10.3. The third kappa shape index (κ3) is 2.79. The summed E-state index contributed by atoms with van der Waals surface area (Å²) in [6, 6.07) is 10.6. The van der Waals surface area contributed by atoms with Gasteiger partial charge in [-0.1, -0.05) is 18.2 Å². The third-order valence-electron chi connectivity index (χ3n) is 1.57. The zero-order valence-electron chi connectivity index (χ0n) is 7.80. The topological polar surface area (TPSA) is 53.3 Å². The van der Waals surface area contributed by atoms with E-state index in [0.717, 1.165) is 0 Å². The minimum atomic E-state index is -0.530. The van der Waals surface area contributed by atoms with E-state index in [1.807, 2.05) is 12.1 Å². The molecular weight excluding hydrogens is 180 g/mol. The molecule has 4 heteroatoms. The van der Waals surface area contributed by atoms with Gasteiger partial charge in [-0.05, 0) is 12.1 Å². The first-order valence-electron chi connectivity index (χ1n) is 4.09. The van der Waals surface area contributed by atoms with Crippen LogP contribution < -0.4 is 4.74 Å². The molecule has 0 radical (unpaired) electrons. The van der Waals surface area contributed by atoms with E-state index >= 15 is 0 Å². The first-order chi connectivity index (χ1) is 6.74. The van der Waals surface area contributed by atoms with Gasteiger partial charge < -0.3 is 4.74 Å². The van der Waals surface area contributed by atoms with Gasteiger partial charge in [-0.15, -0.1) is 0 Å². The summed E-state index contributed by atoms with van der Waals surface area (Å²) in [6.07, 6.45) is -0.530. The van der Waals surface area contributed by atoms with Crippen molar-refractivity contribution in [3.05, 3.63) is 30.3 Å². The molecule has 0 bridgehead atoms. The number of ether oxygens (including phenoxy) is 1. The average molecular weight is 190 g/mol. The van der Waals surface area contributed by atoms with Crippen molar-refractivity contribution in [1.82, 2.24) is 4.90 Å². The van der Waals surface area contributed by atoms with E-state index < -0.39 is 6.09 Å². The van der Waals surface area contributed by atoms with Gasteiger partial charge in [0.1, 0.15) is 12.3 Å². The molecule has 14 heavy (non-hydrogen) atoms. The summed E-state index contributed by atoms with van der Waals surface area (Å²) in [5.41, 5.74) is 0. The smallest absolute Gasteiger partial charge is 0.410 e. The van der Waals surface area contributed by atoms with Crippen LogP contribution in [0.1, 0.15) is 0 Å². The van der Waals surface area contributed by atoms with Crippen LogP contribution >= 0.6 is 0 Å². The lowest BCUT2D eigenvalue weighted by molar-refractivity contribution is 0.168. The largest absolute Gasteiger partial charge is 0.415 e. The zero-order chi connectivity index (χ0) is 10.4. The molecule has 0 atom stereocenters.